The van der Waals surface area contributed by atoms with Crippen LogP contribution in [0.1, 0.15) is 36.2 Å². The molecule has 6 heteroatoms. The highest BCUT2D eigenvalue weighted by atomic mass is 16.5. The second kappa shape index (κ2) is 10.1. The van der Waals surface area contributed by atoms with Gasteiger partial charge in [-0.1, -0.05) is 37.3 Å². The monoisotopic (exact) mass is 368 g/mol. The van der Waals surface area contributed by atoms with E-state index in [1.165, 1.54) is 0 Å². The van der Waals surface area contributed by atoms with Crippen LogP contribution in [0.15, 0.2) is 54.6 Å². The van der Waals surface area contributed by atoms with Gasteiger partial charge in [-0.3, -0.25) is 14.4 Å². The lowest BCUT2D eigenvalue weighted by Crippen LogP contribution is -2.46. The minimum absolute atomic E-state index is 0.0770. The van der Waals surface area contributed by atoms with Gasteiger partial charge in [0.15, 0.2) is 12.4 Å². The smallest absolute Gasteiger partial charge is 0.258 e. The quantitative estimate of drug-likeness (QED) is 0.666. The molecular formula is C21H24N2O4. The van der Waals surface area contributed by atoms with Gasteiger partial charge in [0.25, 0.3) is 5.91 Å². The zero-order valence-corrected chi connectivity index (χ0v) is 15.5. The lowest BCUT2D eigenvalue weighted by atomic mass is 10.0. The molecule has 0 saturated carbocycles. The van der Waals surface area contributed by atoms with Crippen LogP contribution in [-0.4, -0.2) is 36.8 Å². The fourth-order valence-electron chi connectivity index (χ4n) is 2.36. The van der Waals surface area contributed by atoms with Crippen LogP contribution in [0.3, 0.4) is 0 Å². The Kier molecular flexibility index (Phi) is 7.55. The molecule has 0 aliphatic rings. The minimum atomic E-state index is -0.626. The predicted molar refractivity (Wildman–Crippen MR) is 103 cm³/mol. The molecule has 2 N–H and O–H groups in total. The first kappa shape index (κ1) is 20.2. The summed E-state index contributed by atoms with van der Waals surface area (Å²) in [6.07, 6.45) is 0.832. The molecule has 0 saturated heterocycles. The van der Waals surface area contributed by atoms with Crippen molar-refractivity contribution in [3.05, 3.63) is 65.7 Å². The summed E-state index contributed by atoms with van der Waals surface area (Å²) in [5, 5.41) is 5.29. The van der Waals surface area contributed by atoms with E-state index < -0.39 is 11.9 Å². The fourth-order valence-corrected chi connectivity index (χ4v) is 2.36. The average Bonchev–Trinajstić information content (AvgIpc) is 2.70. The van der Waals surface area contributed by atoms with Gasteiger partial charge >= 0.3 is 0 Å². The number of hydrogen-bond donors (Lipinski definition) is 2. The van der Waals surface area contributed by atoms with Crippen LogP contribution in [-0.2, 0) is 9.59 Å². The molecule has 1 atom stereocenters. The molecule has 0 spiro atoms. The molecule has 2 aromatic rings. The van der Waals surface area contributed by atoms with Gasteiger partial charge in [0, 0.05) is 17.7 Å². The Morgan fingerprint density at radius 3 is 2.22 bits per heavy atom. The van der Waals surface area contributed by atoms with Gasteiger partial charge in [-0.2, -0.15) is 0 Å². The molecule has 0 fully saturated rings. The van der Waals surface area contributed by atoms with Crippen molar-refractivity contribution in [2.24, 2.45) is 0 Å². The lowest BCUT2D eigenvalue weighted by molar-refractivity contribution is -0.129. The van der Waals surface area contributed by atoms with Gasteiger partial charge in [0.1, 0.15) is 11.8 Å². The number of ketones is 1. The van der Waals surface area contributed by atoms with Crippen LogP contribution in [0.4, 0.5) is 0 Å². The Balaban J connectivity index is 1.83. The van der Waals surface area contributed by atoms with Crippen molar-refractivity contribution in [1.29, 1.82) is 0 Å². The first-order valence-corrected chi connectivity index (χ1v) is 8.91. The third-order valence-corrected chi connectivity index (χ3v) is 3.84. The number of carbonyl (C=O) groups excluding carboxylic acids is 3. The van der Waals surface area contributed by atoms with E-state index in [0.29, 0.717) is 23.4 Å². The number of nitrogens with one attached hydrogen (secondary N) is 2. The van der Waals surface area contributed by atoms with Crippen molar-refractivity contribution in [2.45, 2.75) is 26.3 Å². The summed E-state index contributed by atoms with van der Waals surface area (Å²) in [4.78, 5) is 36.0. The van der Waals surface area contributed by atoms with E-state index in [1.54, 1.807) is 43.3 Å². The number of carbonyl (C=O) groups is 3. The van der Waals surface area contributed by atoms with Crippen LogP contribution in [0.5, 0.6) is 5.75 Å². The molecule has 0 aliphatic heterocycles. The van der Waals surface area contributed by atoms with E-state index >= 15 is 0 Å². The first-order valence-electron chi connectivity index (χ1n) is 8.91. The Hall–Kier alpha value is -3.15. The van der Waals surface area contributed by atoms with Crippen LogP contribution in [0.25, 0.3) is 0 Å². The van der Waals surface area contributed by atoms with Crippen molar-refractivity contribution in [3.8, 4) is 5.75 Å². The molecule has 2 amide bonds. The summed E-state index contributed by atoms with van der Waals surface area (Å²) >= 11 is 0. The molecule has 0 unspecified atom stereocenters. The van der Waals surface area contributed by atoms with E-state index in [2.05, 4.69) is 10.6 Å². The fraction of sp³-hybridized carbons (Fsp3) is 0.286. The second-order valence-electron chi connectivity index (χ2n) is 6.09. The van der Waals surface area contributed by atoms with Crippen molar-refractivity contribution in [3.63, 3.8) is 0 Å². The van der Waals surface area contributed by atoms with Gasteiger partial charge in [0.2, 0.25) is 5.91 Å². The van der Waals surface area contributed by atoms with E-state index in [-0.39, 0.29) is 18.3 Å². The summed E-state index contributed by atoms with van der Waals surface area (Å²) in [6, 6.07) is 15.0. The molecule has 0 bridgehead atoms. The van der Waals surface area contributed by atoms with Gasteiger partial charge in [-0.25, -0.2) is 0 Å². The van der Waals surface area contributed by atoms with E-state index in [1.807, 2.05) is 25.1 Å². The molecule has 0 radical (unpaired) electrons. The van der Waals surface area contributed by atoms with Gasteiger partial charge in [-0.05, 0) is 37.6 Å². The predicted octanol–water partition coefficient (Wildman–Crippen LogP) is 2.33. The summed E-state index contributed by atoms with van der Waals surface area (Å²) < 4.78 is 5.41. The highest BCUT2D eigenvalue weighted by Crippen LogP contribution is 2.15. The molecule has 142 valence electrons. The second-order valence-corrected chi connectivity index (χ2v) is 6.09. The highest BCUT2D eigenvalue weighted by molar-refractivity contribution is 6.09. The highest BCUT2D eigenvalue weighted by Gasteiger charge is 2.15. The van der Waals surface area contributed by atoms with Crippen molar-refractivity contribution in [2.75, 3.05) is 13.2 Å². The molecular weight excluding hydrogens is 344 g/mol. The number of benzene rings is 2. The van der Waals surface area contributed by atoms with E-state index in [9.17, 15) is 14.4 Å². The maximum absolute atomic E-state index is 12.3. The van der Waals surface area contributed by atoms with Gasteiger partial charge in [-0.15, -0.1) is 0 Å². The van der Waals surface area contributed by atoms with Crippen molar-refractivity contribution < 1.29 is 19.1 Å². The average molecular weight is 368 g/mol. The molecule has 2 rings (SSSR count). The largest absolute Gasteiger partial charge is 0.484 e. The number of amides is 2. The Morgan fingerprint density at radius 2 is 1.59 bits per heavy atom. The minimum Gasteiger partial charge on any atom is -0.484 e. The molecule has 2 aromatic carbocycles. The van der Waals surface area contributed by atoms with Crippen LogP contribution < -0.4 is 15.4 Å². The van der Waals surface area contributed by atoms with Crippen LogP contribution in [0, 0.1) is 0 Å². The first-order chi connectivity index (χ1) is 13.0. The molecule has 0 aromatic heterocycles. The standard InChI is InChI=1S/C21H24N2O4/c1-3-13-22-21(26)15(2)23-19(24)14-27-18-11-9-17(10-12-18)20(25)16-7-5-4-6-8-16/h4-12,15H,3,13-14H2,1-2H3,(H,22,26)(H,23,24)/t15-/m0/s1. The van der Waals surface area contributed by atoms with Crippen LogP contribution >= 0.6 is 0 Å². The van der Waals surface area contributed by atoms with E-state index in [4.69, 9.17) is 4.74 Å². The molecule has 6 nitrogen and oxygen atoms in total. The summed E-state index contributed by atoms with van der Waals surface area (Å²) in [6.45, 7) is 3.93. The van der Waals surface area contributed by atoms with Crippen LogP contribution in [0.2, 0.25) is 0 Å². The Morgan fingerprint density at radius 1 is 0.963 bits per heavy atom. The molecule has 27 heavy (non-hydrogen) atoms. The SMILES string of the molecule is CCCNC(=O)[C@H](C)NC(=O)COc1ccc(C(=O)c2ccccc2)cc1. The van der Waals surface area contributed by atoms with Crippen molar-refractivity contribution in [1.82, 2.24) is 10.6 Å². The third-order valence-electron chi connectivity index (χ3n) is 3.84. The number of ether oxygens (including phenoxy) is 1. The number of hydrogen-bond acceptors (Lipinski definition) is 4. The van der Waals surface area contributed by atoms with E-state index in [0.717, 1.165) is 6.42 Å². The molecule has 0 aliphatic carbocycles. The summed E-state index contributed by atoms with van der Waals surface area (Å²) in [7, 11) is 0. The zero-order valence-electron chi connectivity index (χ0n) is 15.5. The van der Waals surface area contributed by atoms with Crippen molar-refractivity contribution >= 4 is 17.6 Å². The number of rotatable bonds is 9. The molecule has 0 heterocycles. The maximum Gasteiger partial charge on any atom is 0.258 e. The van der Waals surface area contributed by atoms with Gasteiger partial charge in [0.05, 0.1) is 0 Å². The lowest BCUT2D eigenvalue weighted by Gasteiger charge is -2.14. The topological polar surface area (TPSA) is 84.5 Å². The Labute approximate surface area is 158 Å². The Bertz CT molecular complexity index is 773. The van der Waals surface area contributed by atoms with Gasteiger partial charge < -0.3 is 15.4 Å². The summed E-state index contributed by atoms with van der Waals surface area (Å²) in [5.41, 5.74) is 1.15. The summed E-state index contributed by atoms with van der Waals surface area (Å²) in [5.74, 6) is -0.225. The zero-order chi connectivity index (χ0) is 19.6. The normalized spacial score (nSPS) is 11.3. The maximum atomic E-state index is 12.3. The third kappa shape index (κ3) is 6.26.